The molecule has 0 unspecified atom stereocenters. The topological polar surface area (TPSA) is 17.8 Å². The van der Waals surface area contributed by atoms with Crippen LogP contribution in [0.5, 0.6) is 0 Å². The molecule has 2 heteroatoms. The second-order valence-electron chi connectivity index (χ2n) is 3.66. The van der Waals surface area contributed by atoms with E-state index >= 15 is 0 Å². The van der Waals surface area contributed by atoms with Gasteiger partial charge >= 0.3 is 0 Å². The summed E-state index contributed by atoms with van der Waals surface area (Å²) >= 11 is 0. The molecular formula is C12H14N2. The summed E-state index contributed by atoms with van der Waals surface area (Å²) in [4.78, 5) is 4.10. The molecule has 1 aromatic heterocycles. The minimum atomic E-state index is 0.955. The van der Waals surface area contributed by atoms with E-state index in [0.717, 1.165) is 6.42 Å². The van der Waals surface area contributed by atoms with E-state index in [1.54, 1.807) is 0 Å². The SMILES string of the molecule is Cc1ccc(Cc2cncn2C)cc1. The van der Waals surface area contributed by atoms with Gasteiger partial charge in [-0.25, -0.2) is 4.98 Å². The van der Waals surface area contributed by atoms with Gasteiger partial charge in [0.1, 0.15) is 0 Å². The lowest BCUT2D eigenvalue weighted by Crippen LogP contribution is -1.95. The highest BCUT2D eigenvalue weighted by atomic mass is 15.0. The number of aryl methyl sites for hydroxylation is 2. The van der Waals surface area contributed by atoms with E-state index in [1.165, 1.54) is 16.8 Å². The maximum atomic E-state index is 4.10. The fourth-order valence-electron chi connectivity index (χ4n) is 1.47. The Labute approximate surface area is 84.2 Å². The maximum absolute atomic E-state index is 4.10. The maximum Gasteiger partial charge on any atom is 0.0945 e. The van der Waals surface area contributed by atoms with Crippen molar-refractivity contribution in [3.8, 4) is 0 Å². The molecule has 0 fully saturated rings. The molecule has 2 nitrogen and oxygen atoms in total. The summed E-state index contributed by atoms with van der Waals surface area (Å²) in [5, 5.41) is 0. The lowest BCUT2D eigenvalue weighted by Gasteiger charge is -2.02. The Bertz CT molecular complexity index is 412. The summed E-state index contributed by atoms with van der Waals surface area (Å²) in [6.45, 7) is 2.11. The van der Waals surface area contributed by atoms with Crippen molar-refractivity contribution in [3.05, 3.63) is 53.6 Å². The van der Waals surface area contributed by atoms with E-state index in [4.69, 9.17) is 0 Å². The van der Waals surface area contributed by atoms with Gasteiger partial charge in [-0.2, -0.15) is 0 Å². The summed E-state index contributed by atoms with van der Waals surface area (Å²) in [6.07, 6.45) is 4.71. The first-order valence-corrected chi connectivity index (χ1v) is 4.76. The molecule has 0 radical (unpaired) electrons. The van der Waals surface area contributed by atoms with Crippen LogP contribution in [0.3, 0.4) is 0 Å². The Morgan fingerprint density at radius 2 is 1.93 bits per heavy atom. The molecule has 14 heavy (non-hydrogen) atoms. The molecule has 0 amide bonds. The van der Waals surface area contributed by atoms with Crippen LogP contribution >= 0.6 is 0 Å². The molecule has 0 saturated carbocycles. The van der Waals surface area contributed by atoms with Gasteiger partial charge in [0, 0.05) is 25.4 Å². The largest absolute Gasteiger partial charge is 0.337 e. The number of aromatic nitrogens is 2. The number of hydrogen-bond acceptors (Lipinski definition) is 1. The average Bonchev–Trinajstić information content (AvgIpc) is 2.56. The molecule has 2 rings (SSSR count). The van der Waals surface area contributed by atoms with Crippen molar-refractivity contribution in [1.29, 1.82) is 0 Å². The van der Waals surface area contributed by atoms with E-state index in [-0.39, 0.29) is 0 Å². The number of rotatable bonds is 2. The van der Waals surface area contributed by atoms with E-state index in [9.17, 15) is 0 Å². The van der Waals surface area contributed by atoms with Crippen molar-refractivity contribution in [1.82, 2.24) is 9.55 Å². The third-order valence-electron chi connectivity index (χ3n) is 2.42. The highest BCUT2D eigenvalue weighted by Gasteiger charge is 1.99. The van der Waals surface area contributed by atoms with Gasteiger partial charge in [0.05, 0.1) is 6.33 Å². The van der Waals surface area contributed by atoms with E-state index in [0.29, 0.717) is 0 Å². The van der Waals surface area contributed by atoms with Crippen LogP contribution in [0.1, 0.15) is 16.8 Å². The molecule has 1 heterocycles. The third kappa shape index (κ3) is 1.84. The number of benzene rings is 1. The Kier molecular flexibility index (Phi) is 2.35. The van der Waals surface area contributed by atoms with E-state index in [2.05, 4.69) is 40.7 Å². The molecular weight excluding hydrogens is 172 g/mol. The Balaban J connectivity index is 2.19. The van der Waals surface area contributed by atoms with Crippen LogP contribution in [0.4, 0.5) is 0 Å². The smallest absolute Gasteiger partial charge is 0.0945 e. The van der Waals surface area contributed by atoms with Crippen LogP contribution in [-0.2, 0) is 13.5 Å². The van der Waals surface area contributed by atoms with Crippen LogP contribution in [-0.4, -0.2) is 9.55 Å². The minimum absolute atomic E-state index is 0.955. The molecule has 0 saturated heterocycles. The average molecular weight is 186 g/mol. The van der Waals surface area contributed by atoms with Crippen molar-refractivity contribution in [2.24, 2.45) is 7.05 Å². The van der Waals surface area contributed by atoms with Gasteiger partial charge in [-0.3, -0.25) is 0 Å². The van der Waals surface area contributed by atoms with Crippen molar-refractivity contribution < 1.29 is 0 Å². The molecule has 0 spiro atoms. The van der Waals surface area contributed by atoms with Crippen LogP contribution < -0.4 is 0 Å². The number of nitrogens with zero attached hydrogens (tertiary/aromatic N) is 2. The molecule has 2 aromatic rings. The van der Waals surface area contributed by atoms with Gasteiger partial charge in [-0.15, -0.1) is 0 Å². The van der Waals surface area contributed by atoms with Crippen LogP contribution in [0, 0.1) is 6.92 Å². The zero-order valence-electron chi connectivity index (χ0n) is 8.57. The van der Waals surface area contributed by atoms with Gasteiger partial charge < -0.3 is 4.57 Å². The first-order chi connectivity index (χ1) is 6.75. The monoisotopic (exact) mass is 186 g/mol. The van der Waals surface area contributed by atoms with Crippen molar-refractivity contribution in [2.75, 3.05) is 0 Å². The number of imidazole rings is 1. The third-order valence-corrected chi connectivity index (χ3v) is 2.42. The zero-order valence-corrected chi connectivity index (χ0v) is 8.57. The van der Waals surface area contributed by atoms with Crippen LogP contribution in [0.2, 0.25) is 0 Å². The zero-order chi connectivity index (χ0) is 9.97. The van der Waals surface area contributed by atoms with Crippen LogP contribution in [0.25, 0.3) is 0 Å². The summed E-state index contributed by atoms with van der Waals surface area (Å²) in [5.41, 5.74) is 3.88. The highest BCUT2D eigenvalue weighted by molar-refractivity contribution is 5.24. The van der Waals surface area contributed by atoms with Gasteiger partial charge in [-0.05, 0) is 12.5 Å². The summed E-state index contributed by atoms with van der Waals surface area (Å²) < 4.78 is 2.06. The molecule has 0 atom stereocenters. The fourth-order valence-corrected chi connectivity index (χ4v) is 1.47. The standard InChI is InChI=1S/C12H14N2/c1-10-3-5-11(6-4-10)7-12-8-13-9-14(12)2/h3-6,8-9H,7H2,1-2H3. The molecule has 0 aliphatic heterocycles. The first kappa shape index (κ1) is 9.00. The predicted octanol–water partition coefficient (Wildman–Crippen LogP) is 2.32. The fraction of sp³-hybridized carbons (Fsp3) is 0.250. The van der Waals surface area contributed by atoms with Crippen molar-refractivity contribution in [2.45, 2.75) is 13.3 Å². The minimum Gasteiger partial charge on any atom is -0.337 e. The molecule has 0 bridgehead atoms. The quantitative estimate of drug-likeness (QED) is 0.703. The summed E-state index contributed by atoms with van der Waals surface area (Å²) in [5.74, 6) is 0. The summed E-state index contributed by atoms with van der Waals surface area (Å²) in [7, 11) is 2.02. The first-order valence-electron chi connectivity index (χ1n) is 4.76. The van der Waals surface area contributed by atoms with Gasteiger partial charge in [-0.1, -0.05) is 29.8 Å². The van der Waals surface area contributed by atoms with Gasteiger partial charge in [0.2, 0.25) is 0 Å². The highest BCUT2D eigenvalue weighted by Crippen LogP contribution is 2.09. The Hall–Kier alpha value is -1.57. The molecule has 1 aromatic carbocycles. The van der Waals surface area contributed by atoms with Gasteiger partial charge in [0.15, 0.2) is 0 Å². The molecule has 0 aliphatic carbocycles. The van der Waals surface area contributed by atoms with E-state index < -0.39 is 0 Å². The molecule has 0 aliphatic rings. The number of hydrogen-bond donors (Lipinski definition) is 0. The van der Waals surface area contributed by atoms with Gasteiger partial charge in [0.25, 0.3) is 0 Å². The lowest BCUT2D eigenvalue weighted by atomic mass is 10.1. The predicted molar refractivity (Wildman–Crippen MR) is 57.2 cm³/mol. The second-order valence-corrected chi connectivity index (χ2v) is 3.66. The Morgan fingerprint density at radius 1 is 1.21 bits per heavy atom. The Morgan fingerprint density at radius 3 is 2.50 bits per heavy atom. The van der Waals surface area contributed by atoms with E-state index in [1.807, 2.05) is 19.6 Å². The normalized spacial score (nSPS) is 10.4. The van der Waals surface area contributed by atoms with Crippen molar-refractivity contribution in [3.63, 3.8) is 0 Å². The van der Waals surface area contributed by atoms with Crippen molar-refractivity contribution >= 4 is 0 Å². The molecule has 72 valence electrons. The summed E-state index contributed by atoms with van der Waals surface area (Å²) in [6, 6.07) is 8.63. The lowest BCUT2D eigenvalue weighted by molar-refractivity contribution is 0.845. The second kappa shape index (κ2) is 3.66. The van der Waals surface area contributed by atoms with Crippen LogP contribution in [0.15, 0.2) is 36.8 Å². The molecule has 0 N–H and O–H groups in total.